The van der Waals surface area contributed by atoms with Crippen LogP contribution in [0.2, 0.25) is 0 Å². The van der Waals surface area contributed by atoms with Gasteiger partial charge in [0.15, 0.2) is 0 Å². The van der Waals surface area contributed by atoms with Crippen molar-refractivity contribution >= 4 is 5.91 Å². The van der Waals surface area contributed by atoms with E-state index in [9.17, 15) is 4.79 Å². The van der Waals surface area contributed by atoms with Gasteiger partial charge in [-0.2, -0.15) is 0 Å². The average Bonchev–Trinajstić information content (AvgIpc) is 2.53. The minimum Gasteiger partial charge on any atom is -0.381 e. The van der Waals surface area contributed by atoms with Crippen LogP contribution in [0.1, 0.15) is 42.1 Å². The van der Waals surface area contributed by atoms with Crippen molar-refractivity contribution in [3.05, 3.63) is 35.4 Å². The molecule has 1 amide bonds. The number of hydrogen-bond donors (Lipinski definition) is 1. The lowest BCUT2D eigenvalue weighted by Gasteiger charge is -2.30. The summed E-state index contributed by atoms with van der Waals surface area (Å²) in [6.07, 6.45) is 3.05. The number of ether oxygens (including phenoxy) is 1. The first-order valence-electron chi connectivity index (χ1n) is 8.22. The van der Waals surface area contributed by atoms with Gasteiger partial charge in [0.1, 0.15) is 0 Å². The van der Waals surface area contributed by atoms with Gasteiger partial charge in [0.05, 0.1) is 0 Å². The standard InChI is InChI=1S/C18H28N2O2/c1-4-17(15-8-10-22-11-9-15)19-18(21)16-7-5-6-14(12-16)13-20(2)3/h5-7,12,15,17H,4,8-11,13H2,1-3H3,(H,19,21)/t17-/m0/s1. The third-order valence-corrected chi connectivity index (χ3v) is 4.28. The third kappa shape index (κ3) is 4.82. The first-order chi connectivity index (χ1) is 10.6. The van der Waals surface area contributed by atoms with Crippen LogP contribution in [0.15, 0.2) is 24.3 Å². The molecule has 1 heterocycles. The predicted octanol–water partition coefficient (Wildman–Crippen LogP) is 2.68. The van der Waals surface area contributed by atoms with Crippen LogP contribution >= 0.6 is 0 Å². The summed E-state index contributed by atoms with van der Waals surface area (Å²) in [5.41, 5.74) is 1.92. The molecule has 1 saturated heterocycles. The highest BCUT2D eigenvalue weighted by Crippen LogP contribution is 2.21. The lowest BCUT2D eigenvalue weighted by atomic mass is 9.90. The van der Waals surface area contributed by atoms with Crippen molar-refractivity contribution in [3.63, 3.8) is 0 Å². The zero-order valence-corrected chi connectivity index (χ0v) is 14.0. The minimum atomic E-state index is 0.0407. The van der Waals surface area contributed by atoms with Gasteiger partial charge in [0.25, 0.3) is 5.91 Å². The van der Waals surface area contributed by atoms with E-state index in [-0.39, 0.29) is 11.9 Å². The van der Waals surface area contributed by atoms with Gasteiger partial charge < -0.3 is 15.0 Å². The maximum atomic E-state index is 12.5. The van der Waals surface area contributed by atoms with Gasteiger partial charge in [-0.05, 0) is 57.0 Å². The van der Waals surface area contributed by atoms with Crippen molar-refractivity contribution in [1.82, 2.24) is 10.2 Å². The quantitative estimate of drug-likeness (QED) is 0.878. The van der Waals surface area contributed by atoms with E-state index in [1.54, 1.807) is 0 Å². The highest BCUT2D eigenvalue weighted by Gasteiger charge is 2.24. The Balaban J connectivity index is 2.00. The van der Waals surface area contributed by atoms with Crippen LogP contribution in [-0.4, -0.2) is 44.2 Å². The second kappa shape index (κ2) is 8.30. The van der Waals surface area contributed by atoms with E-state index in [0.29, 0.717) is 5.92 Å². The summed E-state index contributed by atoms with van der Waals surface area (Å²) in [6.45, 7) is 4.62. The molecule has 0 saturated carbocycles. The molecule has 0 unspecified atom stereocenters. The normalized spacial score (nSPS) is 17.5. The molecule has 1 aliphatic heterocycles. The second-order valence-electron chi connectivity index (χ2n) is 6.38. The van der Waals surface area contributed by atoms with Gasteiger partial charge in [0.2, 0.25) is 0 Å². The lowest BCUT2D eigenvalue weighted by Crippen LogP contribution is -2.42. The molecule has 1 fully saturated rings. The van der Waals surface area contributed by atoms with Crippen LogP contribution in [0, 0.1) is 5.92 Å². The molecule has 22 heavy (non-hydrogen) atoms. The largest absolute Gasteiger partial charge is 0.381 e. The third-order valence-electron chi connectivity index (χ3n) is 4.28. The molecule has 0 bridgehead atoms. The molecule has 4 nitrogen and oxygen atoms in total. The molecule has 4 heteroatoms. The SMILES string of the molecule is CC[C@H](NC(=O)c1cccc(CN(C)C)c1)C1CCOCC1. The molecule has 0 spiro atoms. The Bertz CT molecular complexity index is 482. The molecular weight excluding hydrogens is 276 g/mol. The summed E-state index contributed by atoms with van der Waals surface area (Å²) in [5.74, 6) is 0.576. The Labute approximate surface area is 133 Å². The van der Waals surface area contributed by atoms with Gasteiger partial charge in [-0.3, -0.25) is 4.79 Å². The molecule has 1 aromatic rings. The monoisotopic (exact) mass is 304 g/mol. The average molecular weight is 304 g/mol. The summed E-state index contributed by atoms with van der Waals surface area (Å²) < 4.78 is 5.42. The Hall–Kier alpha value is -1.39. The van der Waals surface area contributed by atoms with Crippen LogP contribution in [-0.2, 0) is 11.3 Å². The summed E-state index contributed by atoms with van der Waals surface area (Å²) >= 11 is 0. The maximum absolute atomic E-state index is 12.5. The van der Waals surface area contributed by atoms with Crippen LogP contribution in [0.4, 0.5) is 0 Å². The van der Waals surface area contributed by atoms with Crippen LogP contribution in [0.3, 0.4) is 0 Å². The number of amides is 1. The van der Waals surface area contributed by atoms with Gasteiger partial charge >= 0.3 is 0 Å². The van der Waals surface area contributed by atoms with Crippen LogP contribution < -0.4 is 5.32 Å². The van der Waals surface area contributed by atoms with Crippen molar-refractivity contribution in [2.45, 2.75) is 38.8 Å². The van der Waals surface area contributed by atoms with Crippen LogP contribution in [0.5, 0.6) is 0 Å². The van der Waals surface area contributed by atoms with E-state index in [4.69, 9.17) is 4.74 Å². The summed E-state index contributed by atoms with van der Waals surface area (Å²) in [5, 5.41) is 3.23. The molecule has 1 aliphatic rings. The van der Waals surface area contributed by atoms with Crippen molar-refractivity contribution in [2.75, 3.05) is 27.3 Å². The van der Waals surface area contributed by atoms with Crippen molar-refractivity contribution in [2.24, 2.45) is 5.92 Å². The molecule has 1 N–H and O–H groups in total. The van der Waals surface area contributed by atoms with Crippen molar-refractivity contribution < 1.29 is 9.53 Å². The van der Waals surface area contributed by atoms with Gasteiger partial charge in [-0.15, -0.1) is 0 Å². The highest BCUT2D eigenvalue weighted by molar-refractivity contribution is 5.94. The zero-order valence-electron chi connectivity index (χ0n) is 14.0. The van der Waals surface area contributed by atoms with Crippen molar-refractivity contribution in [3.8, 4) is 0 Å². The lowest BCUT2D eigenvalue weighted by molar-refractivity contribution is 0.0510. The smallest absolute Gasteiger partial charge is 0.251 e. The molecular formula is C18H28N2O2. The van der Waals surface area contributed by atoms with Crippen molar-refractivity contribution in [1.29, 1.82) is 0 Å². The fourth-order valence-corrected chi connectivity index (χ4v) is 3.10. The Morgan fingerprint density at radius 1 is 1.36 bits per heavy atom. The van der Waals surface area contributed by atoms with E-state index < -0.39 is 0 Å². The first kappa shape index (κ1) is 17.0. The molecule has 1 aromatic carbocycles. The zero-order chi connectivity index (χ0) is 15.9. The number of carbonyl (C=O) groups excluding carboxylic acids is 1. The van der Waals surface area contributed by atoms with E-state index >= 15 is 0 Å². The predicted molar refractivity (Wildman–Crippen MR) is 88.9 cm³/mol. The van der Waals surface area contributed by atoms with E-state index in [0.717, 1.165) is 50.1 Å². The molecule has 1 atom stereocenters. The number of carbonyl (C=O) groups is 1. The molecule has 2 rings (SSSR count). The summed E-state index contributed by atoms with van der Waals surface area (Å²) in [7, 11) is 4.07. The summed E-state index contributed by atoms with van der Waals surface area (Å²) in [4.78, 5) is 14.6. The molecule has 0 aromatic heterocycles. The van der Waals surface area contributed by atoms with E-state index in [1.807, 2.05) is 32.3 Å². The van der Waals surface area contributed by atoms with Gasteiger partial charge in [0, 0.05) is 31.4 Å². The fourth-order valence-electron chi connectivity index (χ4n) is 3.10. The fraction of sp³-hybridized carbons (Fsp3) is 0.611. The van der Waals surface area contributed by atoms with Crippen LogP contribution in [0.25, 0.3) is 0 Å². The number of benzene rings is 1. The Kier molecular flexibility index (Phi) is 6.40. The highest BCUT2D eigenvalue weighted by atomic mass is 16.5. The molecule has 0 radical (unpaired) electrons. The Morgan fingerprint density at radius 2 is 2.09 bits per heavy atom. The maximum Gasteiger partial charge on any atom is 0.251 e. The number of nitrogens with zero attached hydrogens (tertiary/aromatic N) is 1. The number of nitrogens with one attached hydrogen (secondary N) is 1. The topological polar surface area (TPSA) is 41.6 Å². The van der Waals surface area contributed by atoms with Gasteiger partial charge in [-0.25, -0.2) is 0 Å². The Morgan fingerprint density at radius 3 is 2.73 bits per heavy atom. The van der Waals surface area contributed by atoms with E-state index in [2.05, 4.69) is 23.2 Å². The second-order valence-corrected chi connectivity index (χ2v) is 6.38. The molecule has 122 valence electrons. The first-order valence-corrected chi connectivity index (χ1v) is 8.22. The van der Waals surface area contributed by atoms with Gasteiger partial charge in [-0.1, -0.05) is 19.1 Å². The number of rotatable bonds is 6. The number of hydrogen-bond acceptors (Lipinski definition) is 3. The molecule has 0 aliphatic carbocycles. The minimum absolute atomic E-state index is 0.0407. The van der Waals surface area contributed by atoms with E-state index in [1.165, 1.54) is 0 Å². The summed E-state index contributed by atoms with van der Waals surface area (Å²) in [6, 6.07) is 8.15.